The molecule has 0 fully saturated rings. The lowest BCUT2D eigenvalue weighted by atomic mass is 10.2. The third-order valence-corrected chi connectivity index (χ3v) is 3.91. The zero-order valence-electron chi connectivity index (χ0n) is 13.6. The minimum Gasteiger partial charge on any atom is -0.493 e. The molecule has 1 N–H and O–H groups in total. The van der Waals surface area contributed by atoms with E-state index in [1.54, 1.807) is 55.1 Å². The highest BCUT2D eigenvalue weighted by Crippen LogP contribution is 2.30. The second-order valence-electron chi connectivity index (χ2n) is 5.29. The van der Waals surface area contributed by atoms with Crippen LogP contribution in [0.1, 0.15) is 10.5 Å². The van der Waals surface area contributed by atoms with Crippen LogP contribution < -0.4 is 14.8 Å². The Bertz CT molecular complexity index is 918. The third kappa shape index (κ3) is 2.67. The first-order valence-corrected chi connectivity index (χ1v) is 7.32. The summed E-state index contributed by atoms with van der Waals surface area (Å²) in [5.74, 6) is 0.397. The molecule has 0 unspecified atom stereocenters. The third-order valence-electron chi connectivity index (χ3n) is 3.91. The van der Waals surface area contributed by atoms with E-state index in [9.17, 15) is 9.18 Å². The van der Waals surface area contributed by atoms with Crippen molar-refractivity contribution in [3.8, 4) is 11.5 Å². The minimum atomic E-state index is -0.353. The first-order valence-electron chi connectivity index (χ1n) is 7.32. The number of nitrogens with zero attached hydrogens (tertiary/aromatic N) is 1. The van der Waals surface area contributed by atoms with E-state index >= 15 is 0 Å². The van der Waals surface area contributed by atoms with Crippen molar-refractivity contribution < 1.29 is 18.7 Å². The summed E-state index contributed by atoms with van der Waals surface area (Å²) in [7, 11) is 4.79. The second-order valence-corrected chi connectivity index (χ2v) is 5.29. The van der Waals surface area contributed by atoms with E-state index in [0.717, 1.165) is 0 Å². The molecular weight excluding hydrogens is 311 g/mol. The Labute approximate surface area is 138 Å². The summed E-state index contributed by atoms with van der Waals surface area (Å²) in [5, 5.41) is 3.20. The number of hydrogen-bond acceptors (Lipinski definition) is 3. The van der Waals surface area contributed by atoms with Crippen LogP contribution in [0.3, 0.4) is 0 Å². The number of halogens is 1. The molecule has 5 nitrogen and oxygen atoms in total. The largest absolute Gasteiger partial charge is 0.493 e. The van der Waals surface area contributed by atoms with Gasteiger partial charge >= 0.3 is 0 Å². The van der Waals surface area contributed by atoms with Crippen molar-refractivity contribution >= 4 is 22.5 Å². The Morgan fingerprint density at radius 1 is 1.08 bits per heavy atom. The number of methoxy groups -OCH3 is 2. The smallest absolute Gasteiger partial charge is 0.272 e. The highest BCUT2D eigenvalue weighted by molar-refractivity contribution is 6.06. The quantitative estimate of drug-likeness (QED) is 0.796. The van der Waals surface area contributed by atoms with Crippen LogP contribution in [-0.4, -0.2) is 24.7 Å². The molecule has 124 valence electrons. The maximum atomic E-state index is 13.9. The molecule has 3 aromatic rings. The second kappa shape index (κ2) is 6.23. The van der Waals surface area contributed by atoms with Crippen LogP contribution in [0.5, 0.6) is 11.5 Å². The molecular formula is C18H17FN2O3. The number of anilines is 1. The van der Waals surface area contributed by atoms with Gasteiger partial charge in [-0.1, -0.05) is 6.07 Å². The van der Waals surface area contributed by atoms with Gasteiger partial charge in [-0.05, 0) is 30.3 Å². The average molecular weight is 328 g/mol. The summed E-state index contributed by atoms with van der Waals surface area (Å²) >= 11 is 0. The van der Waals surface area contributed by atoms with Crippen LogP contribution in [-0.2, 0) is 7.05 Å². The van der Waals surface area contributed by atoms with Gasteiger partial charge < -0.3 is 19.4 Å². The number of rotatable bonds is 4. The monoisotopic (exact) mass is 328 g/mol. The van der Waals surface area contributed by atoms with Gasteiger partial charge in [0.05, 0.1) is 19.7 Å². The van der Waals surface area contributed by atoms with E-state index in [-0.39, 0.29) is 11.7 Å². The Balaban J connectivity index is 1.93. The van der Waals surface area contributed by atoms with E-state index in [2.05, 4.69) is 5.32 Å². The normalized spacial score (nSPS) is 10.7. The molecule has 0 aliphatic carbocycles. The summed E-state index contributed by atoms with van der Waals surface area (Å²) in [6.07, 6.45) is 0. The molecule has 0 saturated heterocycles. The van der Waals surface area contributed by atoms with Crippen molar-refractivity contribution in [3.05, 3.63) is 54.0 Å². The number of aryl methyl sites for hydroxylation is 1. The summed E-state index contributed by atoms with van der Waals surface area (Å²) in [4.78, 5) is 12.5. The molecule has 0 radical (unpaired) electrons. The van der Waals surface area contributed by atoms with Crippen LogP contribution >= 0.6 is 0 Å². The predicted octanol–water partition coefficient (Wildman–Crippen LogP) is 3.59. The number of carbonyl (C=O) groups excluding carboxylic acids is 1. The lowest BCUT2D eigenvalue weighted by Gasteiger charge is -2.11. The van der Waals surface area contributed by atoms with Crippen molar-refractivity contribution in [1.29, 1.82) is 0 Å². The molecule has 0 saturated carbocycles. The van der Waals surface area contributed by atoms with Crippen molar-refractivity contribution in [2.45, 2.75) is 0 Å². The topological polar surface area (TPSA) is 52.5 Å². The van der Waals surface area contributed by atoms with Crippen molar-refractivity contribution in [3.63, 3.8) is 0 Å². The van der Waals surface area contributed by atoms with Crippen LogP contribution in [0.15, 0.2) is 42.5 Å². The average Bonchev–Trinajstić information content (AvgIpc) is 2.93. The summed E-state index contributed by atoms with van der Waals surface area (Å²) < 4.78 is 25.9. The zero-order valence-corrected chi connectivity index (χ0v) is 13.6. The Morgan fingerprint density at radius 3 is 2.50 bits per heavy atom. The number of carbonyl (C=O) groups is 1. The molecule has 1 heterocycles. The molecule has 24 heavy (non-hydrogen) atoms. The van der Waals surface area contributed by atoms with Gasteiger partial charge in [-0.25, -0.2) is 4.39 Å². The molecule has 0 atom stereocenters. The Hall–Kier alpha value is -3.02. The summed E-state index contributed by atoms with van der Waals surface area (Å²) in [5.41, 5.74) is 1.58. The molecule has 0 aliphatic heterocycles. The van der Waals surface area contributed by atoms with Crippen LogP contribution in [0.25, 0.3) is 10.9 Å². The maximum absolute atomic E-state index is 13.9. The fourth-order valence-corrected chi connectivity index (χ4v) is 2.65. The minimum absolute atomic E-state index is 0.333. The van der Waals surface area contributed by atoms with Gasteiger partial charge in [-0.3, -0.25) is 4.79 Å². The number of nitrogens with one attached hydrogen (secondary N) is 1. The first kappa shape index (κ1) is 15.9. The molecule has 1 aromatic heterocycles. The number of hydrogen-bond donors (Lipinski definition) is 1. The zero-order chi connectivity index (χ0) is 17.3. The molecule has 2 aromatic carbocycles. The molecule has 1 amide bonds. The molecule has 3 rings (SSSR count). The number of aromatic nitrogens is 1. The molecule has 6 heteroatoms. The van der Waals surface area contributed by atoms with Gasteiger partial charge in [0, 0.05) is 24.2 Å². The van der Waals surface area contributed by atoms with Crippen LogP contribution in [0.4, 0.5) is 10.1 Å². The standard InChI is InChI=1S/C18H17FN2O3/c1-21-14-6-4-5-13(19)12(14)10-15(21)18(22)20-11-7-8-16(23-2)17(9-11)24-3/h4-10H,1-3H3,(H,20,22). The molecule has 0 aliphatic rings. The number of benzene rings is 2. The van der Waals surface area contributed by atoms with Gasteiger partial charge in [-0.15, -0.1) is 0 Å². The lowest BCUT2D eigenvalue weighted by molar-refractivity contribution is 0.101. The van der Waals surface area contributed by atoms with Gasteiger partial charge in [-0.2, -0.15) is 0 Å². The lowest BCUT2D eigenvalue weighted by Crippen LogP contribution is -2.15. The van der Waals surface area contributed by atoms with Gasteiger partial charge in [0.1, 0.15) is 11.5 Å². The van der Waals surface area contributed by atoms with Crippen molar-refractivity contribution in [2.24, 2.45) is 7.05 Å². The van der Waals surface area contributed by atoms with Crippen LogP contribution in [0, 0.1) is 5.82 Å². The number of ether oxygens (including phenoxy) is 2. The van der Waals surface area contributed by atoms with Crippen molar-refractivity contribution in [1.82, 2.24) is 4.57 Å². The van der Waals surface area contributed by atoms with Gasteiger partial charge in [0.25, 0.3) is 5.91 Å². The first-order chi connectivity index (χ1) is 11.5. The highest BCUT2D eigenvalue weighted by atomic mass is 19.1. The van der Waals surface area contributed by atoms with E-state index in [4.69, 9.17) is 9.47 Å². The molecule has 0 spiro atoms. The highest BCUT2D eigenvalue weighted by Gasteiger charge is 2.16. The Kier molecular flexibility index (Phi) is 4.12. The summed E-state index contributed by atoms with van der Waals surface area (Å²) in [6.45, 7) is 0. The Morgan fingerprint density at radius 2 is 1.83 bits per heavy atom. The predicted molar refractivity (Wildman–Crippen MR) is 90.4 cm³/mol. The molecule has 0 bridgehead atoms. The van der Waals surface area contributed by atoms with E-state index in [1.807, 2.05) is 0 Å². The van der Waals surface area contributed by atoms with E-state index < -0.39 is 0 Å². The maximum Gasteiger partial charge on any atom is 0.272 e. The van der Waals surface area contributed by atoms with Crippen molar-refractivity contribution in [2.75, 3.05) is 19.5 Å². The fraction of sp³-hybridized carbons (Fsp3) is 0.167. The SMILES string of the molecule is COc1ccc(NC(=O)c2cc3c(F)cccc3n2C)cc1OC. The van der Waals surface area contributed by atoms with Crippen LogP contribution in [0.2, 0.25) is 0 Å². The van der Waals surface area contributed by atoms with Gasteiger partial charge in [0.2, 0.25) is 0 Å². The van der Waals surface area contributed by atoms with E-state index in [0.29, 0.717) is 33.8 Å². The summed E-state index contributed by atoms with van der Waals surface area (Å²) in [6, 6.07) is 11.4. The number of amides is 1. The van der Waals surface area contributed by atoms with Gasteiger partial charge in [0.15, 0.2) is 11.5 Å². The van der Waals surface area contributed by atoms with E-state index in [1.165, 1.54) is 13.2 Å². The number of fused-ring (bicyclic) bond motifs is 1. The fourth-order valence-electron chi connectivity index (χ4n) is 2.65.